The van der Waals surface area contributed by atoms with E-state index in [1.165, 1.54) is 21.5 Å². The molecule has 9 aromatic carbocycles. The van der Waals surface area contributed by atoms with Crippen molar-refractivity contribution in [2.75, 3.05) is 0 Å². The highest BCUT2D eigenvalue weighted by Crippen LogP contribution is 2.45. The fourth-order valence-corrected chi connectivity index (χ4v) is 9.80. The van der Waals surface area contributed by atoms with Crippen LogP contribution in [-0.4, -0.2) is 28.7 Å². The van der Waals surface area contributed by atoms with Gasteiger partial charge in [0.1, 0.15) is 0 Å². The van der Waals surface area contributed by atoms with Gasteiger partial charge in [0, 0.05) is 66.1 Å². The van der Waals surface area contributed by atoms with Crippen LogP contribution in [-0.2, 0) is 0 Å². The first-order valence-electron chi connectivity index (χ1n) is 21.3. The van der Waals surface area contributed by atoms with Gasteiger partial charge in [-0.3, -0.25) is 0 Å². The summed E-state index contributed by atoms with van der Waals surface area (Å²) in [4.78, 5) is 15.8. The Hall–Kier alpha value is -8.61. The smallest absolute Gasteiger partial charge is 0.164 e. The first-order chi connectivity index (χ1) is 31.3. The number of hydrogen-bond donors (Lipinski definition) is 0. The minimum absolute atomic E-state index is 0.608. The van der Waals surface area contributed by atoms with Gasteiger partial charge < -0.3 is 13.7 Å². The summed E-state index contributed by atoms with van der Waals surface area (Å²) in [5.74, 6) is 1.85. The van der Waals surface area contributed by atoms with Crippen LogP contribution in [0.5, 0.6) is 0 Å². The van der Waals surface area contributed by atoms with Crippen LogP contribution in [0.25, 0.3) is 117 Å². The highest BCUT2D eigenvalue weighted by atomic mass is 15.1. The first-order valence-corrected chi connectivity index (χ1v) is 21.3. The van der Waals surface area contributed by atoms with Gasteiger partial charge in [-0.1, -0.05) is 158 Å². The average Bonchev–Trinajstić information content (AvgIpc) is 4.00. The molecule has 0 radical (unpaired) electrons. The van der Waals surface area contributed by atoms with Crippen LogP contribution >= 0.6 is 0 Å². The molecule has 13 rings (SSSR count). The third kappa shape index (κ3) is 5.41. The van der Waals surface area contributed by atoms with Gasteiger partial charge in [0.05, 0.1) is 33.1 Å². The molecule has 0 aliphatic carbocycles. The van der Waals surface area contributed by atoms with Crippen molar-refractivity contribution in [3.63, 3.8) is 0 Å². The van der Waals surface area contributed by atoms with Gasteiger partial charge in [-0.2, -0.15) is 0 Å². The number of fused-ring (bicyclic) bond motifs is 10. The molecule has 0 bridgehead atoms. The molecule has 6 heteroatoms. The molecule has 0 N–H and O–H groups in total. The molecule has 63 heavy (non-hydrogen) atoms. The second-order valence-electron chi connectivity index (χ2n) is 16.0. The lowest BCUT2D eigenvalue weighted by atomic mass is 10.0. The van der Waals surface area contributed by atoms with Crippen molar-refractivity contribution in [3.8, 4) is 51.2 Å². The number of rotatable bonds is 6. The lowest BCUT2D eigenvalue weighted by molar-refractivity contribution is 1.07. The molecule has 0 aliphatic heterocycles. The maximum atomic E-state index is 5.37. The Morgan fingerprint density at radius 2 is 0.714 bits per heavy atom. The number of benzene rings is 9. The SMILES string of the molecule is c1ccc(-c2nc(-c3ccccc3)nc(-c3cc(-n4c5ccccc5c5ccc6c(c7ccccc7n6-c6ccccc6)c54)cc4c3c3ccccc3n4-c3ccccc3)n2)cc1. The predicted octanol–water partition coefficient (Wildman–Crippen LogP) is 14.2. The van der Waals surface area contributed by atoms with E-state index in [9.17, 15) is 0 Å². The van der Waals surface area contributed by atoms with E-state index in [0.29, 0.717) is 17.5 Å². The van der Waals surface area contributed by atoms with Gasteiger partial charge in [-0.05, 0) is 60.7 Å². The Morgan fingerprint density at radius 3 is 1.29 bits per heavy atom. The van der Waals surface area contributed by atoms with Crippen molar-refractivity contribution >= 4 is 65.4 Å². The van der Waals surface area contributed by atoms with Crippen LogP contribution in [0.1, 0.15) is 0 Å². The average molecular weight is 805 g/mol. The van der Waals surface area contributed by atoms with Crippen LogP contribution in [0.15, 0.2) is 218 Å². The van der Waals surface area contributed by atoms with E-state index in [2.05, 4.69) is 196 Å². The zero-order chi connectivity index (χ0) is 41.4. The molecule has 0 spiro atoms. The highest BCUT2D eigenvalue weighted by molar-refractivity contribution is 6.26. The van der Waals surface area contributed by atoms with Crippen molar-refractivity contribution in [2.45, 2.75) is 0 Å². The summed E-state index contributed by atoms with van der Waals surface area (Å²) in [6, 6.07) is 77.3. The van der Waals surface area contributed by atoms with Gasteiger partial charge in [-0.15, -0.1) is 0 Å². The lowest BCUT2D eigenvalue weighted by Crippen LogP contribution is -2.02. The fourth-order valence-electron chi connectivity index (χ4n) is 9.80. The maximum Gasteiger partial charge on any atom is 0.164 e. The molecule has 0 atom stereocenters. The van der Waals surface area contributed by atoms with Crippen molar-refractivity contribution in [1.82, 2.24) is 28.7 Å². The molecule has 0 amide bonds. The van der Waals surface area contributed by atoms with E-state index in [1.54, 1.807) is 0 Å². The third-order valence-electron chi connectivity index (χ3n) is 12.5. The van der Waals surface area contributed by atoms with E-state index in [1.807, 2.05) is 36.4 Å². The zero-order valence-electron chi connectivity index (χ0n) is 34.0. The Bertz CT molecular complexity index is 3830. The largest absolute Gasteiger partial charge is 0.309 e. The number of aromatic nitrogens is 6. The number of para-hydroxylation sites is 5. The van der Waals surface area contributed by atoms with E-state index in [0.717, 1.165) is 77.6 Å². The summed E-state index contributed by atoms with van der Waals surface area (Å²) < 4.78 is 7.26. The zero-order valence-corrected chi connectivity index (χ0v) is 34.0. The Morgan fingerprint density at radius 1 is 0.270 bits per heavy atom. The number of hydrogen-bond acceptors (Lipinski definition) is 3. The second kappa shape index (κ2) is 14.0. The number of nitrogens with zero attached hydrogens (tertiary/aromatic N) is 6. The first kappa shape index (κ1) is 35.2. The summed E-state index contributed by atoms with van der Waals surface area (Å²) in [7, 11) is 0. The molecule has 0 fully saturated rings. The quantitative estimate of drug-likeness (QED) is 0.168. The maximum absolute atomic E-state index is 5.37. The monoisotopic (exact) mass is 804 g/mol. The minimum atomic E-state index is 0.608. The van der Waals surface area contributed by atoms with E-state index in [-0.39, 0.29) is 0 Å². The van der Waals surface area contributed by atoms with Gasteiger partial charge in [0.25, 0.3) is 0 Å². The van der Waals surface area contributed by atoms with Crippen molar-refractivity contribution in [3.05, 3.63) is 218 Å². The molecule has 294 valence electrons. The third-order valence-corrected chi connectivity index (χ3v) is 12.5. The van der Waals surface area contributed by atoms with Gasteiger partial charge in [-0.25, -0.2) is 15.0 Å². The van der Waals surface area contributed by atoms with E-state index in [4.69, 9.17) is 15.0 Å². The summed E-state index contributed by atoms with van der Waals surface area (Å²) in [6.45, 7) is 0. The second-order valence-corrected chi connectivity index (χ2v) is 16.0. The van der Waals surface area contributed by atoms with Crippen LogP contribution < -0.4 is 0 Å². The molecule has 0 saturated carbocycles. The molecule has 0 saturated heterocycles. The molecular weight excluding hydrogens is 769 g/mol. The minimum Gasteiger partial charge on any atom is -0.309 e. The van der Waals surface area contributed by atoms with Gasteiger partial charge in [0.15, 0.2) is 17.5 Å². The van der Waals surface area contributed by atoms with Crippen LogP contribution in [0, 0.1) is 0 Å². The van der Waals surface area contributed by atoms with Gasteiger partial charge >= 0.3 is 0 Å². The normalized spacial score (nSPS) is 11.8. The summed E-state index contributed by atoms with van der Waals surface area (Å²) in [6.07, 6.45) is 0. The van der Waals surface area contributed by atoms with E-state index >= 15 is 0 Å². The molecule has 4 aromatic heterocycles. The standard InChI is InChI=1S/C57H36N6/c1-5-19-37(20-6-1)55-58-56(38-21-7-2-8-22-38)60-57(59-55)46-35-41(36-51-52(46)44-28-14-17-31-48(44)62(51)40-25-11-4-12-26-40)63-47-30-16-13-27-42(47)43-33-34-50-53(54(43)63)45-29-15-18-32-49(45)61(50)39-23-9-3-10-24-39/h1-36H. The van der Waals surface area contributed by atoms with Crippen molar-refractivity contribution in [1.29, 1.82) is 0 Å². The predicted molar refractivity (Wildman–Crippen MR) is 259 cm³/mol. The Balaban J connectivity index is 1.21. The molecule has 0 aliphatic rings. The topological polar surface area (TPSA) is 53.5 Å². The molecular formula is C57H36N6. The highest BCUT2D eigenvalue weighted by Gasteiger charge is 2.25. The Kier molecular flexibility index (Phi) is 7.80. The molecule has 0 unspecified atom stereocenters. The summed E-state index contributed by atoms with van der Waals surface area (Å²) >= 11 is 0. The van der Waals surface area contributed by atoms with Crippen molar-refractivity contribution < 1.29 is 0 Å². The van der Waals surface area contributed by atoms with Gasteiger partial charge in [0.2, 0.25) is 0 Å². The molecule has 6 nitrogen and oxygen atoms in total. The summed E-state index contributed by atoms with van der Waals surface area (Å²) in [5, 5.41) is 6.98. The molecule has 13 aromatic rings. The van der Waals surface area contributed by atoms with E-state index < -0.39 is 0 Å². The Labute approximate surface area is 362 Å². The molecule has 4 heterocycles. The van der Waals surface area contributed by atoms with Crippen LogP contribution in [0.3, 0.4) is 0 Å². The van der Waals surface area contributed by atoms with Crippen LogP contribution in [0.2, 0.25) is 0 Å². The van der Waals surface area contributed by atoms with Crippen molar-refractivity contribution in [2.24, 2.45) is 0 Å². The lowest BCUT2D eigenvalue weighted by Gasteiger charge is -2.15. The fraction of sp³-hybridized carbons (Fsp3) is 0. The summed E-state index contributed by atoms with van der Waals surface area (Å²) in [5.41, 5.74) is 12.7. The van der Waals surface area contributed by atoms with Crippen LogP contribution in [0.4, 0.5) is 0 Å².